The summed E-state index contributed by atoms with van der Waals surface area (Å²) in [5.74, 6) is -3.97. The summed E-state index contributed by atoms with van der Waals surface area (Å²) < 4.78 is 44.7. The molecule has 2 saturated carbocycles. The van der Waals surface area contributed by atoms with Gasteiger partial charge in [-0.05, 0) is 61.8 Å². The number of rotatable bonds is 6. The van der Waals surface area contributed by atoms with Gasteiger partial charge in [-0.3, -0.25) is 14.6 Å². The minimum Gasteiger partial charge on any atom is -0.482 e. The van der Waals surface area contributed by atoms with Crippen LogP contribution in [0.15, 0.2) is 64.1 Å². The zero-order valence-electron chi connectivity index (χ0n) is 27.4. The van der Waals surface area contributed by atoms with Crippen molar-refractivity contribution in [3.8, 4) is 17.1 Å². The van der Waals surface area contributed by atoms with E-state index in [0.717, 1.165) is 6.07 Å². The number of aliphatic hydroxyl groups excluding tert-OH is 1. The third-order valence-electron chi connectivity index (χ3n) is 10.8. The predicted molar refractivity (Wildman–Crippen MR) is 167 cm³/mol. The molecule has 2 fully saturated rings. The van der Waals surface area contributed by atoms with Crippen molar-refractivity contribution in [1.82, 2.24) is 4.98 Å². The van der Waals surface area contributed by atoms with Crippen LogP contribution in [-0.2, 0) is 23.8 Å². The molecule has 2 aliphatic carbocycles. The number of halogens is 1. The Labute approximate surface area is 276 Å². The molecular formula is C36H38FNO10. The van der Waals surface area contributed by atoms with E-state index < -0.39 is 75.9 Å². The molecule has 1 aromatic carbocycles. The highest BCUT2D eigenvalue weighted by Crippen LogP contribution is 2.67. The Morgan fingerprint density at radius 2 is 1.79 bits per heavy atom. The van der Waals surface area contributed by atoms with E-state index in [9.17, 15) is 28.7 Å². The van der Waals surface area contributed by atoms with Crippen LogP contribution in [0, 0.1) is 28.5 Å². The highest BCUT2D eigenvalue weighted by Gasteiger charge is 2.71. The van der Waals surface area contributed by atoms with Crippen LogP contribution in [-0.4, -0.2) is 52.4 Å². The largest absolute Gasteiger partial charge is 0.482 e. The average molecular weight is 664 g/mol. The lowest BCUT2D eigenvalue weighted by atomic mass is 9.42. The van der Waals surface area contributed by atoms with Crippen molar-refractivity contribution in [2.45, 2.75) is 77.8 Å². The van der Waals surface area contributed by atoms with Crippen molar-refractivity contribution in [3.05, 3.63) is 82.2 Å². The fourth-order valence-electron chi connectivity index (χ4n) is 8.66. The predicted octanol–water partition coefficient (Wildman–Crippen LogP) is 5.19. The molecule has 0 bridgehead atoms. The first-order valence-electron chi connectivity index (χ1n) is 15.9. The molecule has 11 nitrogen and oxygen atoms in total. The standard InChI is InChI=1S/C36H38FNO10/c1-19(39)44-18-35(4)26-16-28(47-32(42)22-10-6-7-11-23(22)37)36(5)31(34(26,3)13-12-27(35)45-20(2)40)30(41)29-25(48-36)15-24(46-33(29)43)21-9-8-14-38-17-21/h6-11,14-15,17,26-28,30-31,41H,12-13,16,18H2,1-5H3/t26-,27+,28+,30+,31-,34+,35+,36-/m1/s1. The summed E-state index contributed by atoms with van der Waals surface area (Å²) in [7, 11) is 0. The van der Waals surface area contributed by atoms with Gasteiger partial charge in [0.15, 0.2) is 0 Å². The van der Waals surface area contributed by atoms with Gasteiger partial charge in [-0.1, -0.05) is 26.0 Å². The number of carbonyl (C=O) groups excluding carboxylic acids is 3. The number of ether oxygens (including phenoxy) is 4. The zero-order valence-corrected chi connectivity index (χ0v) is 27.4. The SMILES string of the molecule is CC(=O)OC[C@@]1(C)[C@@H]2C[C@H](OC(=O)c3ccccc3F)[C@@]3(C)Oc4cc(-c5cccnc5)oc(=O)c4[C@H](O)[C@@H]3[C@@]2(C)CC[C@@H]1OC(C)=O. The van der Waals surface area contributed by atoms with Crippen LogP contribution in [0.25, 0.3) is 11.3 Å². The molecule has 1 aliphatic heterocycles. The second kappa shape index (κ2) is 12.1. The molecule has 0 radical (unpaired) electrons. The van der Waals surface area contributed by atoms with Crippen LogP contribution < -0.4 is 10.4 Å². The Hall–Kier alpha value is -4.58. The van der Waals surface area contributed by atoms with Gasteiger partial charge in [0, 0.05) is 49.2 Å². The monoisotopic (exact) mass is 663 g/mol. The van der Waals surface area contributed by atoms with Crippen LogP contribution in [0.4, 0.5) is 4.39 Å². The van der Waals surface area contributed by atoms with E-state index in [-0.39, 0.29) is 35.7 Å². The number of pyridine rings is 1. The molecule has 0 spiro atoms. The molecule has 3 aromatic rings. The number of aromatic nitrogens is 1. The fourth-order valence-corrected chi connectivity index (χ4v) is 8.66. The van der Waals surface area contributed by atoms with Crippen LogP contribution >= 0.6 is 0 Å². The quantitative estimate of drug-likeness (QED) is 0.274. The second-order valence-corrected chi connectivity index (χ2v) is 13.7. The maximum atomic E-state index is 14.8. The highest BCUT2D eigenvalue weighted by molar-refractivity contribution is 5.89. The number of nitrogens with zero attached hydrogens (tertiary/aromatic N) is 1. The van der Waals surface area contributed by atoms with E-state index in [0.29, 0.717) is 18.4 Å². The molecule has 0 unspecified atom stereocenters. The first-order chi connectivity index (χ1) is 22.7. The third-order valence-corrected chi connectivity index (χ3v) is 10.8. The minimum atomic E-state index is -1.45. The van der Waals surface area contributed by atoms with Crippen LogP contribution in [0.2, 0.25) is 0 Å². The minimum absolute atomic E-state index is 0.0571. The maximum absolute atomic E-state index is 14.8. The Kier molecular flexibility index (Phi) is 8.43. The summed E-state index contributed by atoms with van der Waals surface area (Å²) in [6.07, 6.45) is 0.703. The van der Waals surface area contributed by atoms with E-state index in [2.05, 4.69) is 4.98 Å². The number of carbonyl (C=O) groups is 3. The number of hydrogen-bond donors (Lipinski definition) is 1. The van der Waals surface area contributed by atoms with Gasteiger partial charge >= 0.3 is 23.5 Å². The number of aliphatic hydroxyl groups is 1. The smallest absolute Gasteiger partial charge is 0.345 e. The molecule has 8 atom stereocenters. The van der Waals surface area contributed by atoms with Crippen molar-refractivity contribution in [1.29, 1.82) is 0 Å². The molecule has 6 rings (SSSR count). The molecule has 254 valence electrons. The zero-order chi connectivity index (χ0) is 34.6. The lowest BCUT2D eigenvalue weighted by molar-refractivity contribution is -0.266. The Bertz CT molecular complexity index is 1810. The summed E-state index contributed by atoms with van der Waals surface area (Å²) in [6.45, 7) is 7.94. The second-order valence-electron chi connectivity index (χ2n) is 13.7. The van der Waals surface area contributed by atoms with Gasteiger partial charge < -0.3 is 28.5 Å². The van der Waals surface area contributed by atoms with Crippen molar-refractivity contribution >= 4 is 17.9 Å². The summed E-state index contributed by atoms with van der Waals surface area (Å²) in [4.78, 5) is 55.7. The van der Waals surface area contributed by atoms with Gasteiger partial charge in [0.25, 0.3) is 0 Å². The van der Waals surface area contributed by atoms with E-state index >= 15 is 0 Å². The summed E-state index contributed by atoms with van der Waals surface area (Å²) in [6, 6.07) is 10.3. The van der Waals surface area contributed by atoms with Crippen LogP contribution in [0.1, 0.15) is 75.9 Å². The van der Waals surface area contributed by atoms with E-state index in [1.165, 1.54) is 44.3 Å². The van der Waals surface area contributed by atoms with Crippen molar-refractivity contribution in [2.24, 2.45) is 22.7 Å². The number of hydrogen-bond acceptors (Lipinski definition) is 11. The van der Waals surface area contributed by atoms with Crippen LogP contribution in [0.3, 0.4) is 0 Å². The van der Waals surface area contributed by atoms with Gasteiger partial charge in [-0.2, -0.15) is 0 Å². The average Bonchev–Trinajstić information content (AvgIpc) is 3.02. The first kappa shape index (κ1) is 33.3. The first-order valence-corrected chi connectivity index (χ1v) is 15.9. The number of esters is 3. The Balaban J connectivity index is 1.51. The van der Waals surface area contributed by atoms with Gasteiger partial charge in [0.05, 0.1) is 11.7 Å². The summed E-state index contributed by atoms with van der Waals surface area (Å²) >= 11 is 0. The summed E-state index contributed by atoms with van der Waals surface area (Å²) in [5.41, 5.74) is -4.00. The Morgan fingerprint density at radius 1 is 1.04 bits per heavy atom. The lowest BCUT2D eigenvalue weighted by Gasteiger charge is -2.66. The van der Waals surface area contributed by atoms with Gasteiger partial charge in [-0.25, -0.2) is 14.0 Å². The lowest BCUT2D eigenvalue weighted by Crippen LogP contribution is -2.71. The van der Waals surface area contributed by atoms with E-state index in [1.54, 1.807) is 25.3 Å². The van der Waals surface area contributed by atoms with Crippen LogP contribution in [0.5, 0.6) is 5.75 Å². The van der Waals surface area contributed by atoms with E-state index in [1.807, 2.05) is 13.8 Å². The van der Waals surface area contributed by atoms with Gasteiger partial charge in [-0.15, -0.1) is 0 Å². The van der Waals surface area contributed by atoms with Crippen molar-refractivity contribution < 1.29 is 47.2 Å². The van der Waals surface area contributed by atoms with Crippen molar-refractivity contribution in [3.63, 3.8) is 0 Å². The normalized spacial score (nSPS) is 32.0. The summed E-state index contributed by atoms with van der Waals surface area (Å²) in [5, 5.41) is 12.3. The third kappa shape index (κ3) is 5.45. The molecule has 3 heterocycles. The Morgan fingerprint density at radius 3 is 2.46 bits per heavy atom. The molecule has 2 aromatic heterocycles. The molecule has 48 heavy (non-hydrogen) atoms. The molecule has 0 amide bonds. The van der Waals surface area contributed by atoms with Gasteiger partial charge in [0.1, 0.15) is 47.3 Å². The number of benzene rings is 1. The highest BCUT2D eigenvalue weighted by atomic mass is 19.1. The maximum Gasteiger partial charge on any atom is 0.345 e. The molecular weight excluding hydrogens is 625 g/mol. The van der Waals surface area contributed by atoms with Crippen molar-refractivity contribution in [2.75, 3.05) is 6.61 Å². The van der Waals surface area contributed by atoms with E-state index in [4.69, 9.17) is 23.4 Å². The molecule has 0 saturated heterocycles. The molecule has 1 N–H and O–H groups in total. The molecule has 3 aliphatic rings. The van der Waals surface area contributed by atoms with Gasteiger partial charge in [0.2, 0.25) is 0 Å². The fraction of sp³-hybridized carbons (Fsp3) is 0.472. The topological polar surface area (TPSA) is 151 Å². The molecule has 12 heteroatoms. The number of fused-ring (bicyclic) bond motifs is 4.